The molecule has 1 aliphatic rings. The van der Waals surface area contributed by atoms with Crippen LogP contribution in [0.4, 0.5) is 14.5 Å². The molecular formula is C24H24F2N4O4. The van der Waals surface area contributed by atoms with Gasteiger partial charge in [-0.3, -0.25) is 9.78 Å². The van der Waals surface area contributed by atoms with Crippen molar-refractivity contribution in [3.63, 3.8) is 0 Å². The number of amides is 1. The van der Waals surface area contributed by atoms with Crippen molar-refractivity contribution in [1.82, 2.24) is 15.0 Å². The number of hydrogen-bond acceptors (Lipinski definition) is 7. The number of aromatic nitrogens is 3. The molecule has 0 aliphatic heterocycles. The highest BCUT2D eigenvalue weighted by molar-refractivity contribution is 6.03. The number of carbonyl (C=O) groups excluding carboxylic acids is 1. The second-order valence-electron chi connectivity index (χ2n) is 8.51. The molecule has 1 amide bonds. The fourth-order valence-electron chi connectivity index (χ4n) is 4.41. The van der Waals surface area contributed by atoms with Gasteiger partial charge in [-0.25, -0.2) is 18.7 Å². The third-order valence-electron chi connectivity index (χ3n) is 6.45. The van der Waals surface area contributed by atoms with Gasteiger partial charge in [0.25, 0.3) is 5.91 Å². The molecule has 0 spiro atoms. The first-order valence-corrected chi connectivity index (χ1v) is 10.8. The maximum atomic E-state index is 14.1. The lowest BCUT2D eigenvalue weighted by molar-refractivity contribution is -0.159. The molecule has 0 radical (unpaired) electrons. The van der Waals surface area contributed by atoms with Gasteiger partial charge in [-0.15, -0.1) is 0 Å². The molecule has 4 N–H and O–H groups in total. The van der Waals surface area contributed by atoms with Crippen LogP contribution in [-0.2, 0) is 0 Å². The van der Waals surface area contributed by atoms with Gasteiger partial charge in [0.05, 0.1) is 30.2 Å². The third kappa shape index (κ3) is 4.39. The van der Waals surface area contributed by atoms with E-state index in [2.05, 4.69) is 20.3 Å². The van der Waals surface area contributed by atoms with Crippen molar-refractivity contribution >= 4 is 11.6 Å². The fraction of sp³-hybridized carbons (Fsp3) is 0.333. The predicted molar refractivity (Wildman–Crippen MR) is 119 cm³/mol. The van der Waals surface area contributed by atoms with Gasteiger partial charge < -0.3 is 20.6 Å². The van der Waals surface area contributed by atoms with Crippen LogP contribution in [0.2, 0.25) is 0 Å². The molecule has 1 saturated carbocycles. The molecule has 10 heteroatoms. The van der Waals surface area contributed by atoms with E-state index in [0.717, 1.165) is 12.1 Å². The summed E-state index contributed by atoms with van der Waals surface area (Å²) in [6, 6.07) is 6.41. The summed E-state index contributed by atoms with van der Waals surface area (Å²) in [6.07, 6.45) is 3.74. The van der Waals surface area contributed by atoms with E-state index in [9.17, 15) is 28.9 Å². The molecule has 0 saturated heterocycles. The Balaban J connectivity index is 1.59. The minimum Gasteiger partial charge on any atom is -0.393 e. The van der Waals surface area contributed by atoms with Crippen LogP contribution in [0.1, 0.15) is 41.7 Å². The van der Waals surface area contributed by atoms with E-state index in [1.54, 1.807) is 19.2 Å². The molecule has 2 heterocycles. The van der Waals surface area contributed by atoms with E-state index < -0.39 is 47.3 Å². The molecular weight excluding hydrogens is 446 g/mol. The Hall–Kier alpha value is -3.34. The number of carbonyl (C=O) groups is 1. The van der Waals surface area contributed by atoms with Gasteiger partial charge >= 0.3 is 0 Å². The summed E-state index contributed by atoms with van der Waals surface area (Å²) < 4.78 is 28.3. The Labute approximate surface area is 194 Å². The average molecular weight is 470 g/mol. The Morgan fingerprint density at radius 3 is 2.59 bits per heavy atom. The van der Waals surface area contributed by atoms with Gasteiger partial charge in [0.1, 0.15) is 22.9 Å². The van der Waals surface area contributed by atoms with Crippen LogP contribution in [0.3, 0.4) is 0 Å². The van der Waals surface area contributed by atoms with Crippen molar-refractivity contribution in [2.45, 2.75) is 37.4 Å². The molecule has 3 aromatic rings. The van der Waals surface area contributed by atoms with Crippen molar-refractivity contribution in [3.05, 3.63) is 71.8 Å². The van der Waals surface area contributed by atoms with Crippen LogP contribution in [0.5, 0.6) is 0 Å². The van der Waals surface area contributed by atoms with Crippen LogP contribution >= 0.6 is 0 Å². The van der Waals surface area contributed by atoms with Crippen molar-refractivity contribution < 1.29 is 28.9 Å². The minimum atomic E-state index is -1.59. The first kappa shape index (κ1) is 23.8. The lowest BCUT2D eigenvalue weighted by atomic mass is 9.68. The van der Waals surface area contributed by atoms with E-state index in [4.69, 9.17) is 0 Å². The molecule has 4 atom stereocenters. The summed E-state index contributed by atoms with van der Waals surface area (Å²) in [5.41, 5.74) is -1.05. The number of rotatable bonds is 5. The van der Waals surface area contributed by atoms with Gasteiger partial charge in [-0.05, 0) is 54.5 Å². The predicted octanol–water partition coefficient (Wildman–Crippen LogP) is 2.67. The Morgan fingerprint density at radius 1 is 1.18 bits per heavy atom. The zero-order valence-corrected chi connectivity index (χ0v) is 18.3. The first-order valence-electron chi connectivity index (χ1n) is 10.8. The second-order valence-corrected chi connectivity index (χ2v) is 8.51. The number of aliphatic hydroxyl groups is 3. The van der Waals surface area contributed by atoms with E-state index >= 15 is 0 Å². The normalized spacial score (nSPS) is 24.6. The van der Waals surface area contributed by atoms with E-state index in [0.29, 0.717) is 17.7 Å². The number of halogens is 2. The maximum absolute atomic E-state index is 14.1. The Morgan fingerprint density at radius 2 is 1.91 bits per heavy atom. The number of hydrogen-bond donors (Lipinski definition) is 4. The quantitative estimate of drug-likeness (QED) is 0.451. The second kappa shape index (κ2) is 9.49. The van der Waals surface area contributed by atoms with Gasteiger partial charge in [-0.1, -0.05) is 13.0 Å². The zero-order chi connectivity index (χ0) is 24.5. The monoisotopic (exact) mass is 470 g/mol. The highest BCUT2D eigenvalue weighted by Gasteiger charge is 2.46. The molecule has 4 rings (SSSR count). The van der Waals surface area contributed by atoms with Crippen molar-refractivity contribution in [2.75, 3.05) is 11.9 Å². The van der Waals surface area contributed by atoms with Gasteiger partial charge in [0, 0.05) is 12.4 Å². The Kier molecular flexibility index (Phi) is 6.65. The van der Waals surface area contributed by atoms with Gasteiger partial charge in [-0.2, -0.15) is 0 Å². The van der Waals surface area contributed by atoms with E-state index in [1.165, 1.54) is 24.5 Å². The van der Waals surface area contributed by atoms with Crippen LogP contribution in [0, 0.1) is 17.6 Å². The largest absolute Gasteiger partial charge is 0.393 e. The number of aliphatic hydroxyl groups excluding tert-OH is 2. The molecule has 1 fully saturated rings. The van der Waals surface area contributed by atoms with E-state index in [1.807, 2.05) is 0 Å². The highest BCUT2D eigenvalue weighted by atomic mass is 19.1. The first-order chi connectivity index (χ1) is 16.2. The zero-order valence-electron chi connectivity index (χ0n) is 18.3. The summed E-state index contributed by atoms with van der Waals surface area (Å²) >= 11 is 0. The lowest BCUT2D eigenvalue weighted by Crippen LogP contribution is -2.54. The molecule has 2 aromatic heterocycles. The number of anilines is 1. The average Bonchev–Trinajstić information content (AvgIpc) is 2.82. The van der Waals surface area contributed by atoms with Crippen LogP contribution in [0.25, 0.3) is 11.4 Å². The molecule has 8 nitrogen and oxygen atoms in total. The SMILES string of the molecule is CC1CC(c2ccncc2NC(=O)c2ccnc(-c3c(F)cccc3F)n2)CC(O)C1(O)CO. The van der Waals surface area contributed by atoms with Gasteiger partial charge in [0.15, 0.2) is 5.82 Å². The van der Waals surface area contributed by atoms with Crippen LogP contribution in [0.15, 0.2) is 48.9 Å². The molecule has 0 bridgehead atoms. The molecule has 178 valence electrons. The standard InChI is InChI=1S/C24H24F2N4O4/c1-13-9-14(10-20(32)24(13,34)12-31)15-5-7-27-11-19(15)30-23(33)18-6-8-28-22(29-18)21-16(25)3-2-4-17(21)26/h2-8,11,13-14,20,31-32,34H,9-10,12H2,1H3,(H,30,33). The molecule has 34 heavy (non-hydrogen) atoms. The summed E-state index contributed by atoms with van der Waals surface area (Å²) in [7, 11) is 0. The summed E-state index contributed by atoms with van der Waals surface area (Å²) in [5.74, 6) is -3.21. The fourth-order valence-corrected chi connectivity index (χ4v) is 4.41. The van der Waals surface area contributed by atoms with E-state index in [-0.39, 0.29) is 23.9 Å². The molecule has 1 aliphatic carbocycles. The topological polar surface area (TPSA) is 128 Å². The summed E-state index contributed by atoms with van der Waals surface area (Å²) in [6.45, 7) is 1.19. The van der Waals surface area contributed by atoms with Crippen LogP contribution in [-0.4, -0.2) is 54.5 Å². The highest BCUT2D eigenvalue weighted by Crippen LogP contribution is 2.43. The number of benzene rings is 1. The third-order valence-corrected chi connectivity index (χ3v) is 6.45. The number of nitrogens with one attached hydrogen (secondary N) is 1. The molecule has 4 unspecified atom stereocenters. The van der Waals surface area contributed by atoms with Crippen molar-refractivity contribution in [1.29, 1.82) is 0 Å². The lowest BCUT2D eigenvalue weighted by Gasteiger charge is -2.44. The summed E-state index contributed by atoms with van der Waals surface area (Å²) in [5, 5.41) is 33.3. The van der Waals surface area contributed by atoms with Gasteiger partial charge in [0.2, 0.25) is 0 Å². The molecule has 1 aromatic carbocycles. The number of pyridine rings is 1. The number of nitrogens with zero attached hydrogens (tertiary/aromatic N) is 3. The maximum Gasteiger partial charge on any atom is 0.274 e. The van der Waals surface area contributed by atoms with Crippen molar-refractivity contribution in [2.24, 2.45) is 5.92 Å². The summed E-state index contributed by atoms with van der Waals surface area (Å²) in [4.78, 5) is 24.9. The van der Waals surface area contributed by atoms with Crippen molar-refractivity contribution in [3.8, 4) is 11.4 Å². The van der Waals surface area contributed by atoms with Crippen LogP contribution < -0.4 is 5.32 Å². The Bertz CT molecular complexity index is 1180. The minimum absolute atomic E-state index is 0.103. The smallest absolute Gasteiger partial charge is 0.274 e.